The van der Waals surface area contributed by atoms with Gasteiger partial charge in [0.1, 0.15) is 5.82 Å². The largest absolute Gasteiger partial charge is 0.395 e. The van der Waals surface area contributed by atoms with E-state index in [1.165, 1.54) is 12.1 Å². The van der Waals surface area contributed by atoms with Crippen LogP contribution in [0, 0.1) is 5.82 Å². The van der Waals surface area contributed by atoms with Crippen molar-refractivity contribution in [1.82, 2.24) is 19.7 Å². The number of piperazine rings is 1. The Hall–Kier alpha value is -4.25. The number of carbonyl (C=O) groups excluding carboxylic acids is 2. The number of anilines is 2. The molecule has 3 amide bonds. The van der Waals surface area contributed by atoms with Crippen LogP contribution in [0.5, 0.6) is 0 Å². The maximum absolute atomic E-state index is 13.2. The van der Waals surface area contributed by atoms with E-state index in [4.69, 9.17) is 5.11 Å². The van der Waals surface area contributed by atoms with E-state index >= 15 is 0 Å². The van der Waals surface area contributed by atoms with Crippen molar-refractivity contribution in [2.24, 2.45) is 0 Å². The van der Waals surface area contributed by atoms with Crippen LogP contribution < -0.4 is 16.0 Å². The molecule has 0 radical (unpaired) electrons. The Morgan fingerprint density at radius 2 is 1.57 bits per heavy atom. The number of halogens is 1. The number of hydrogen-bond donors (Lipinski definition) is 4. The molecule has 220 valence electrons. The van der Waals surface area contributed by atoms with Crippen LogP contribution in [-0.4, -0.2) is 70.7 Å². The Labute approximate surface area is 244 Å². The number of aryl methyl sites for hydroxylation is 1. The lowest BCUT2D eigenvalue weighted by Crippen LogP contribution is -2.46. The number of hydrogen-bond acceptors (Lipinski definition) is 5. The third kappa shape index (κ3) is 7.33. The van der Waals surface area contributed by atoms with Crippen molar-refractivity contribution in [2.45, 2.75) is 26.6 Å². The van der Waals surface area contributed by atoms with Crippen molar-refractivity contribution >= 4 is 34.2 Å². The first-order valence-corrected chi connectivity index (χ1v) is 14.3. The second kappa shape index (κ2) is 13.6. The maximum atomic E-state index is 13.2. The van der Waals surface area contributed by atoms with E-state index in [-0.39, 0.29) is 30.9 Å². The van der Waals surface area contributed by atoms with Crippen LogP contribution in [0.3, 0.4) is 0 Å². The smallest absolute Gasteiger partial charge is 0.319 e. The average molecular weight is 573 g/mol. The molecule has 0 spiro atoms. The molecule has 0 aliphatic carbocycles. The molecule has 10 heteroatoms. The van der Waals surface area contributed by atoms with Crippen LogP contribution in [0.15, 0.2) is 72.9 Å². The van der Waals surface area contributed by atoms with Crippen LogP contribution in [0.2, 0.25) is 0 Å². The van der Waals surface area contributed by atoms with E-state index < -0.39 is 0 Å². The van der Waals surface area contributed by atoms with Gasteiger partial charge < -0.3 is 25.6 Å². The predicted octanol–water partition coefficient (Wildman–Crippen LogP) is 4.48. The summed E-state index contributed by atoms with van der Waals surface area (Å²) in [4.78, 5) is 30.4. The molecule has 1 saturated heterocycles. The minimum Gasteiger partial charge on any atom is -0.395 e. The number of aliphatic hydroxyl groups excluding tert-OH is 1. The standard InChI is InChI=1S/C32H37FN6O3/c1-2-39-22-29(36-32(42)34-20-23-5-9-26(33)10-6-23)28-19-27(11-12-30(28)39)35-31(41)25-7-3-24(4-8-25)21-38-15-13-37(14-16-38)17-18-40/h3-12,19,22,40H,2,13-18,20-21H2,1H3,(H,35,41)(H2,34,36,42). The summed E-state index contributed by atoms with van der Waals surface area (Å²) in [6.45, 7) is 8.55. The highest BCUT2D eigenvalue weighted by atomic mass is 19.1. The highest BCUT2D eigenvalue weighted by molar-refractivity contribution is 6.07. The van der Waals surface area contributed by atoms with Gasteiger partial charge in [-0.25, -0.2) is 9.18 Å². The highest BCUT2D eigenvalue weighted by Crippen LogP contribution is 2.29. The molecule has 0 unspecified atom stereocenters. The first-order chi connectivity index (χ1) is 20.4. The Morgan fingerprint density at radius 3 is 2.26 bits per heavy atom. The molecular formula is C32H37FN6O3. The zero-order valence-corrected chi connectivity index (χ0v) is 23.8. The summed E-state index contributed by atoms with van der Waals surface area (Å²) in [5.41, 5.74) is 4.69. The molecule has 5 rings (SSSR count). The Kier molecular flexibility index (Phi) is 9.48. The average Bonchev–Trinajstić information content (AvgIpc) is 3.34. The first-order valence-electron chi connectivity index (χ1n) is 14.3. The van der Waals surface area contributed by atoms with Gasteiger partial charge >= 0.3 is 6.03 Å². The van der Waals surface area contributed by atoms with Crippen LogP contribution in [0.25, 0.3) is 10.9 Å². The zero-order chi connectivity index (χ0) is 29.5. The summed E-state index contributed by atoms with van der Waals surface area (Å²) in [5, 5.41) is 18.6. The van der Waals surface area contributed by atoms with E-state index in [1.54, 1.807) is 12.1 Å². The molecule has 2 heterocycles. The van der Waals surface area contributed by atoms with E-state index in [9.17, 15) is 14.0 Å². The number of urea groups is 1. The summed E-state index contributed by atoms with van der Waals surface area (Å²) < 4.78 is 15.2. The number of benzene rings is 3. The molecule has 1 aliphatic heterocycles. The lowest BCUT2D eigenvalue weighted by atomic mass is 10.1. The number of fused-ring (bicyclic) bond motifs is 1. The Balaban J connectivity index is 1.20. The number of carbonyl (C=O) groups is 2. The second-order valence-electron chi connectivity index (χ2n) is 10.5. The van der Waals surface area contributed by atoms with Crippen molar-refractivity contribution in [3.63, 3.8) is 0 Å². The van der Waals surface area contributed by atoms with Gasteiger partial charge in [-0.2, -0.15) is 0 Å². The molecule has 1 aromatic heterocycles. The second-order valence-corrected chi connectivity index (χ2v) is 10.5. The predicted molar refractivity (Wildman–Crippen MR) is 163 cm³/mol. The van der Waals surface area contributed by atoms with Gasteiger partial charge in [-0.1, -0.05) is 24.3 Å². The lowest BCUT2D eigenvalue weighted by Gasteiger charge is -2.34. The molecule has 4 aromatic rings. The summed E-state index contributed by atoms with van der Waals surface area (Å²) in [6.07, 6.45) is 1.87. The lowest BCUT2D eigenvalue weighted by molar-refractivity contribution is 0.102. The van der Waals surface area contributed by atoms with Crippen molar-refractivity contribution in [3.05, 3.63) is 95.4 Å². The van der Waals surface area contributed by atoms with Gasteiger partial charge in [0.15, 0.2) is 0 Å². The number of amides is 3. The molecule has 0 atom stereocenters. The van der Waals surface area contributed by atoms with Gasteiger partial charge in [0.2, 0.25) is 0 Å². The van der Waals surface area contributed by atoms with Gasteiger partial charge in [0.05, 0.1) is 17.8 Å². The van der Waals surface area contributed by atoms with E-state index in [0.29, 0.717) is 23.5 Å². The SMILES string of the molecule is CCn1cc(NC(=O)NCc2ccc(F)cc2)c2cc(NC(=O)c3ccc(CN4CCN(CCO)CC4)cc3)ccc21. The molecular weight excluding hydrogens is 535 g/mol. The fourth-order valence-electron chi connectivity index (χ4n) is 5.22. The molecule has 4 N–H and O–H groups in total. The van der Waals surface area contributed by atoms with Crippen LogP contribution in [0.4, 0.5) is 20.6 Å². The maximum Gasteiger partial charge on any atom is 0.319 e. The molecule has 3 aromatic carbocycles. The molecule has 42 heavy (non-hydrogen) atoms. The van der Waals surface area contributed by atoms with Gasteiger partial charge in [-0.05, 0) is 60.5 Å². The molecule has 9 nitrogen and oxygen atoms in total. The number of β-amino-alcohol motifs (C(OH)–C–C–N with tert-alkyl or cyclic N) is 1. The number of rotatable bonds is 10. The van der Waals surface area contributed by atoms with Gasteiger partial charge in [-0.3, -0.25) is 14.6 Å². The molecule has 1 fully saturated rings. The number of nitrogens with zero attached hydrogens (tertiary/aromatic N) is 3. The summed E-state index contributed by atoms with van der Waals surface area (Å²) in [6, 6.07) is 18.9. The fourth-order valence-corrected chi connectivity index (χ4v) is 5.22. The van der Waals surface area contributed by atoms with Gasteiger partial charge in [-0.15, -0.1) is 0 Å². The third-order valence-corrected chi connectivity index (χ3v) is 7.60. The van der Waals surface area contributed by atoms with Crippen LogP contribution in [0.1, 0.15) is 28.4 Å². The highest BCUT2D eigenvalue weighted by Gasteiger charge is 2.17. The Morgan fingerprint density at radius 1 is 0.881 bits per heavy atom. The van der Waals surface area contributed by atoms with E-state index in [0.717, 1.165) is 61.3 Å². The molecule has 0 bridgehead atoms. The van der Waals surface area contributed by atoms with E-state index in [1.807, 2.05) is 60.2 Å². The zero-order valence-electron chi connectivity index (χ0n) is 23.8. The van der Waals surface area contributed by atoms with Crippen LogP contribution >= 0.6 is 0 Å². The Bertz CT molecular complexity index is 1510. The summed E-state index contributed by atoms with van der Waals surface area (Å²) in [7, 11) is 0. The fraction of sp³-hybridized carbons (Fsp3) is 0.312. The molecule has 1 aliphatic rings. The molecule has 0 saturated carbocycles. The third-order valence-electron chi connectivity index (χ3n) is 7.60. The van der Waals surface area contributed by atoms with E-state index in [2.05, 4.69) is 25.8 Å². The minimum atomic E-state index is -0.379. The van der Waals surface area contributed by atoms with Crippen molar-refractivity contribution < 1.29 is 19.1 Å². The van der Waals surface area contributed by atoms with Gasteiger partial charge in [0, 0.05) is 75.2 Å². The quantitative estimate of drug-likeness (QED) is 0.225. The normalized spacial score (nSPS) is 14.2. The van der Waals surface area contributed by atoms with Gasteiger partial charge in [0.25, 0.3) is 5.91 Å². The summed E-state index contributed by atoms with van der Waals surface area (Å²) in [5.74, 6) is -0.531. The first kappa shape index (κ1) is 29.2. The summed E-state index contributed by atoms with van der Waals surface area (Å²) >= 11 is 0. The minimum absolute atomic E-state index is 0.193. The topological polar surface area (TPSA) is 102 Å². The van der Waals surface area contributed by atoms with Crippen LogP contribution in [-0.2, 0) is 19.6 Å². The number of aromatic nitrogens is 1. The number of aliphatic hydroxyl groups is 1. The van der Waals surface area contributed by atoms with Crippen molar-refractivity contribution in [3.8, 4) is 0 Å². The monoisotopic (exact) mass is 572 g/mol. The van der Waals surface area contributed by atoms with Crippen molar-refractivity contribution in [2.75, 3.05) is 50.0 Å². The number of nitrogens with one attached hydrogen (secondary N) is 3. The van der Waals surface area contributed by atoms with Crippen molar-refractivity contribution in [1.29, 1.82) is 0 Å².